The largest absolute Gasteiger partial charge is 0.448 e. The van der Waals surface area contributed by atoms with Crippen molar-refractivity contribution in [2.75, 3.05) is 0 Å². The normalized spacial score (nSPS) is 15.3. The molecule has 0 saturated carbocycles. The molecular weight excluding hydrogens is 366 g/mol. The van der Waals surface area contributed by atoms with Gasteiger partial charge >= 0.3 is 5.97 Å². The first-order valence-corrected chi connectivity index (χ1v) is 10.2. The molecule has 1 aliphatic rings. The summed E-state index contributed by atoms with van der Waals surface area (Å²) in [5.41, 5.74) is 0.490. The van der Waals surface area contributed by atoms with Crippen LogP contribution in [0.15, 0.2) is 4.79 Å². The quantitative estimate of drug-likeness (QED) is 0.809. The first-order chi connectivity index (χ1) is 12.8. The average molecular weight is 391 g/mol. The molecule has 2 aromatic rings. The minimum atomic E-state index is -0.907. The molecule has 1 amide bonds. The van der Waals surface area contributed by atoms with Crippen molar-refractivity contribution in [2.24, 2.45) is 0 Å². The van der Waals surface area contributed by atoms with Crippen molar-refractivity contribution in [3.05, 3.63) is 26.6 Å². The van der Waals surface area contributed by atoms with E-state index in [9.17, 15) is 14.4 Å². The van der Waals surface area contributed by atoms with Crippen LogP contribution in [0.3, 0.4) is 0 Å². The minimum Gasteiger partial charge on any atom is -0.448 e. The zero-order valence-electron chi connectivity index (χ0n) is 16.1. The van der Waals surface area contributed by atoms with Crippen molar-refractivity contribution in [1.29, 1.82) is 0 Å². The fourth-order valence-electron chi connectivity index (χ4n) is 3.27. The Morgan fingerprint density at radius 2 is 1.96 bits per heavy atom. The van der Waals surface area contributed by atoms with E-state index in [-0.39, 0.29) is 17.5 Å². The molecule has 0 radical (unpaired) electrons. The summed E-state index contributed by atoms with van der Waals surface area (Å²) < 4.78 is 7.06. The van der Waals surface area contributed by atoms with Gasteiger partial charge in [-0.2, -0.15) is 0 Å². The van der Waals surface area contributed by atoms with E-state index < -0.39 is 12.1 Å². The van der Waals surface area contributed by atoms with Gasteiger partial charge in [-0.3, -0.25) is 14.2 Å². The number of nitrogens with one attached hydrogen (secondary N) is 1. The molecular formula is C19H25N3O4S. The second-order valence-corrected chi connectivity index (χ2v) is 8.24. The van der Waals surface area contributed by atoms with Crippen LogP contribution in [0.5, 0.6) is 0 Å². The molecule has 146 valence electrons. The first-order valence-electron chi connectivity index (χ1n) is 9.33. The second kappa shape index (κ2) is 7.80. The third kappa shape index (κ3) is 3.90. The van der Waals surface area contributed by atoms with Gasteiger partial charge in [-0.1, -0.05) is 6.42 Å². The van der Waals surface area contributed by atoms with Crippen LogP contribution >= 0.6 is 11.3 Å². The van der Waals surface area contributed by atoms with Crippen molar-refractivity contribution in [2.45, 2.75) is 72.1 Å². The highest BCUT2D eigenvalue weighted by atomic mass is 32.1. The molecule has 1 N–H and O–H groups in total. The number of esters is 1. The van der Waals surface area contributed by atoms with Gasteiger partial charge in [0.25, 0.3) is 11.5 Å². The Hall–Kier alpha value is -2.22. The van der Waals surface area contributed by atoms with E-state index in [1.807, 2.05) is 13.8 Å². The molecule has 0 fully saturated rings. The Morgan fingerprint density at radius 3 is 2.67 bits per heavy atom. The summed E-state index contributed by atoms with van der Waals surface area (Å²) in [5.74, 6) is -0.153. The van der Waals surface area contributed by atoms with Gasteiger partial charge in [0, 0.05) is 19.0 Å². The predicted octanol–water partition coefficient (Wildman–Crippen LogP) is 2.56. The number of hydrogen-bond acceptors (Lipinski definition) is 6. The van der Waals surface area contributed by atoms with Crippen molar-refractivity contribution in [1.82, 2.24) is 14.9 Å². The fraction of sp³-hybridized carbons (Fsp3) is 0.579. The standard InChI is InChI=1S/C19H25N3O4S/c1-10(2)20-16(23)12(4)26-19(25)15-11(3)14-17(27-15)21-13-8-6-5-7-9-22(13)18(14)24/h10,12H,5-9H2,1-4H3,(H,20,23). The number of nitrogens with zero attached hydrogens (tertiary/aromatic N) is 2. The van der Waals surface area contributed by atoms with Crippen LogP contribution in [-0.4, -0.2) is 33.6 Å². The number of carbonyl (C=O) groups excluding carboxylic acids is 2. The third-order valence-corrected chi connectivity index (χ3v) is 5.85. The number of rotatable bonds is 4. The molecule has 0 aromatic carbocycles. The van der Waals surface area contributed by atoms with Gasteiger partial charge in [-0.25, -0.2) is 9.78 Å². The van der Waals surface area contributed by atoms with Crippen molar-refractivity contribution in [3.63, 3.8) is 0 Å². The molecule has 0 saturated heterocycles. The molecule has 0 spiro atoms. The predicted molar refractivity (Wildman–Crippen MR) is 104 cm³/mol. The number of amides is 1. The molecule has 8 heteroatoms. The molecule has 0 aliphatic carbocycles. The lowest BCUT2D eigenvalue weighted by Gasteiger charge is -2.15. The highest BCUT2D eigenvalue weighted by Gasteiger charge is 2.26. The van der Waals surface area contributed by atoms with Crippen LogP contribution in [0, 0.1) is 6.92 Å². The van der Waals surface area contributed by atoms with Crippen molar-refractivity contribution >= 4 is 33.4 Å². The Kier molecular flexibility index (Phi) is 5.64. The van der Waals surface area contributed by atoms with Gasteiger partial charge in [-0.15, -0.1) is 11.3 Å². The van der Waals surface area contributed by atoms with Gasteiger partial charge in [0.05, 0.1) is 5.39 Å². The van der Waals surface area contributed by atoms with Crippen molar-refractivity contribution < 1.29 is 14.3 Å². The number of thiophene rings is 1. The maximum absolute atomic E-state index is 12.9. The van der Waals surface area contributed by atoms with Gasteiger partial charge in [-0.05, 0) is 46.1 Å². The molecule has 0 bridgehead atoms. The number of hydrogen-bond donors (Lipinski definition) is 1. The summed E-state index contributed by atoms with van der Waals surface area (Å²) >= 11 is 1.16. The van der Waals surface area contributed by atoms with Crippen LogP contribution in [0.2, 0.25) is 0 Å². The zero-order chi connectivity index (χ0) is 19.7. The lowest BCUT2D eigenvalue weighted by atomic mass is 10.2. The van der Waals surface area contributed by atoms with E-state index >= 15 is 0 Å². The highest BCUT2D eigenvalue weighted by Crippen LogP contribution is 2.29. The molecule has 7 nitrogen and oxygen atoms in total. The average Bonchev–Trinajstić information content (AvgIpc) is 2.77. The number of carbonyl (C=O) groups is 2. The van der Waals surface area contributed by atoms with Gasteiger partial charge in [0.2, 0.25) is 0 Å². The molecule has 1 aliphatic heterocycles. The van der Waals surface area contributed by atoms with E-state index in [2.05, 4.69) is 10.3 Å². The van der Waals surface area contributed by atoms with Gasteiger partial charge in [0.1, 0.15) is 15.5 Å². The zero-order valence-corrected chi connectivity index (χ0v) is 16.9. The van der Waals surface area contributed by atoms with E-state index in [1.54, 1.807) is 11.5 Å². The number of fused-ring (bicyclic) bond motifs is 2. The summed E-state index contributed by atoms with van der Waals surface area (Å²) in [6, 6.07) is -0.0376. The van der Waals surface area contributed by atoms with Crippen LogP contribution in [0.1, 0.15) is 61.1 Å². The topological polar surface area (TPSA) is 90.3 Å². The molecule has 1 atom stereocenters. The number of ether oxygens (including phenoxy) is 1. The molecule has 2 aromatic heterocycles. The first kappa shape index (κ1) is 19.5. The summed E-state index contributed by atoms with van der Waals surface area (Å²) in [4.78, 5) is 43.1. The van der Waals surface area contributed by atoms with E-state index in [0.717, 1.165) is 42.8 Å². The van der Waals surface area contributed by atoms with E-state index in [0.29, 0.717) is 27.2 Å². The van der Waals surface area contributed by atoms with Crippen LogP contribution in [0.4, 0.5) is 0 Å². The van der Waals surface area contributed by atoms with Crippen LogP contribution in [0.25, 0.3) is 10.2 Å². The van der Waals surface area contributed by atoms with E-state index in [4.69, 9.17) is 4.74 Å². The number of aryl methyl sites for hydroxylation is 2. The van der Waals surface area contributed by atoms with E-state index in [1.165, 1.54) is 6.92 Å². The van der Waals surface area contributed by atoms with Crippen LogP contribution in [-0.2, 0) is 22.5 Å². The van der Waals surface area contributed by atoms with Crippen molar-refractivity contribution in [3.8, 4) is 0 Å². The minimum absolute atomic E-state index is 0.0376. The summed E-state index contributed by atoms with van der Waals surface area (Å²) in [6.45, 7) is 7.62. The second-order valence-electron chi connectivity index (χ2n) is 7.24. The maximum atomic E-state index is 12.9. The Bertz CT molecular complexity index is 945. The smallest absolute Gasteiger partial charge is 0.349 e. The monoisotopic (exact) mass is 391 g/mol. The molecule has 27 heavy (non-hydrogen) atoms. The highest BCUT2D eigenvalue weighted by molar-refractivity contribution is 7.20. The van der Waals surface area contributed by atoms with Gasteiger partial charge in [0.15, 0.2) is 6.10 Å². The molecule has 1 unspecified atom stereocenters. The lowest BCUT2D eigenvalue weighted by Crippen LogP contribution is -2.39. The maximum Gasteiger partial charge on any atom is 0.349 e. The SMILES string of the molecule is Cc1c(C(=O)OC(C)C(=O)NC(C)C)sc2nc3n(c(=O)c12)CCCCC3. The fourth-order valence-corrected chi connectivity index (χ4v) is 4.35. The Balaban J connectivity index is 1.93. The molecule has 3 rings (SSSR count). The molecule has 3 heterocycles. The summed E-state index contributed by atoms with van der Waals surface area (Å²) in [5, 5.41) is 3.20. The summed E-state index contributed by atoms with van der Waals surface area (Å²) in [7, 11) is 0. The number of aromatic nitrogens is 2. The lowest BCUT2D eigenvalue weighted by molar-refractivity contribution is -0.129. The summed E-state index contributed by atoms with van der Waals surface area (Å²) in [6.07, 6.45) is 2.92. The van der Waals surface area contributed by atoms with Crippen LogP contribution < -0.4 is 10.9 Å². The van der Waals surface area contributed by atoms with Gasteiger partial charge < -0.3 is 10.1 Å². The third-order valence-electron chi connectivity index (χ3n) is 4.68. The Morgan fingerprint density at radius 1 is 1.22 bits per heavy atom. The Labute approximate surface area is 161 Å².